The summed E-state index contributed by atoms with van der Waals surface area (Å²) in [6.07, 6.45) is 13.3. The Morgan fingerprint density at radius 2 is 1.20 bits per heavy atom. The van der Waals surface area contributed by atoms with E-state index < -0.39 is 0 Å². The van der Waals surface area contributed by atoms with Gasteiger partial charge in [0.1, 0.15) is 0 Å². The van der Waals surface area contributed by atoms with Gasteiger partial charge in [-0.25, -0.2) is 5.84 Å². The Hall–Kier alpha value is -0.570. The van der Waals surface area contributed by atoms with Crippen LogP contribution in [0.1, 0.15) is 91.4 Å². The van der Waals surface area contributed by atoms with E-state index in [4.69, 9.17) is 5.84 Å². The SMILES string of the molecule is CC1(C)CCCCCCC(C)(C(=O)NN)CCCCC1. The molecule has 20 heavy (non-hydrogen) atoms. The number of amides is 1. The zero-order chi connectivity index (χ0) is 15.1. The van der Waals surface area contributed by atoms with E-state index in [1.807, 2.05) is 0 Å². The summed E-state index contributed by atoms with van der Waals surface area (Å²) in [7, 11) is 0. The van der Waals surface area contributed by atoms with Crippen LogP contribution in [-0.2, 0) is 4.79 Å². The Bertz CT molecular complexity index is 301. The highest BCUT2D eigenvalue weighted by Gasteiger charge is 2.31. The van der Waals surface area contributed by atoms with Gasteiger partial charge in [-0.1, -0.05) is 65.7 Å². The fourth-order valence-electron chi connectivity index (χ4n) is 3.42. The summed E-state index contributed by atoms with van der Waals surface area (Å²) in [4.78, 5) is 12.0. The zero-order valence-corrected chi connectivity index (χ0v) is 13.8. The number of nitrogens with two attached hydrogens (primary N) is 1. The summed E-state index contributed by atoms with van der Waals surface area (Å²) < 4.78 is 0. The second kappa shape index (κ2) is 8.02. The lowest BCUT2D eigenvalue weighted by Gasteiger charge is -2.27. The molecule has 0 aromatic rings. The Labute approximate surface area is 125 Å². The molecule has 1 aliphatic rings. The first-order valence-corrected chi connectivity index (χ1v) is 8.41. The van der Waals surface area contributed by atoms with Gasteiger partial charge in [0.15, 0.2) is 0 Å². The molecule has 3 heteroatoms. The number of hydrazine groups is 1. The maximum atomic E-state index is 12.0. The van der Waals surface area contributed by atoms with Crippen molar-refractivity contribution >= 4 is 5.91 Å². The van der Waals surface area contributed by atoms with Crippen LogP contribution in [0.2, 0.25) is 0 Å². The minimum atomic E-state index is -0.266. The van der Waals surface area contributed by atoms with E-state index in [-0.39, 0.29) is 11.3 Å². The monoisotopic (exact) mass is 282 g/mol. The molecule has 0 aromatic heterocycles. The van der Waals surface area contributed by atoms with Crippen LogP contribution in [0.25, 0.3) is 0 Å². The molecule has 0 spiro atoms. The summed E-state index contributed by atoms with van der Waals surface area (Å²) in [6.45, 7) is 6.88. The van der Waals surface area contributed by atoms with E-state index in [0.29, 0.717) is 5.41 Å². The van der Waals surface area contributed by atoms with E-state index in [9.17, 15) is 4.79 Å². The molecule has 0 radical (unpaired) electrons. The lowest BCUT2D eigenvalue weighted by atomic mass is 9.79. The third-order valence-corrected chi connectivity index (χ3v) is 5.09. The van der Waals surface area contributed by atoms with Crippen molar-refractivity contribution in [3.8, 4) is 0 Å². The van der Waals surface area contributed by atoms with Gasteiger partial charge in [0.25, 0.3) is 0 Å². The smallest absolute Gasteiger partial charge is 0.239 e. The molecule has 1 saturated carbocycles. The lowest BCUT2D eigenvalue weighted by molar-refractivity contribution is -0.131. The van der Waals surface area contributed by atoms with Crippen LogP contribution in [0.5, 0.6) is 0 Å². The van der Waals surface area contributed by atoms with E-state index in [2.05, 4.69) is 26.2 Å². The number of hydrogen-bond donors (Lipinski definition) is 2. The summed E-state index contributed by atoms with van der Waals surface area (Å²) in [5, 5.41) is 0. The van der Waals surface area contributed by atoms with Crippen molar-refractivity contribution in [1.29, 1.82) is 0 Å². The van der Waals surface area contributed by atoms with E-state index >= 15 is 0 Å². The first-order valence-electron chi connectivity index (χ1n) is 8.41. The van der Waals surface area contributed by atoms with Crippen molar-refractivity contribution in [3.63, 3.8) is 0 Å². The molecule has 3 nitrogen and oxygen atoms in total. The van der Waals surface area contributed by atoms with Gasteiger partial charge < -0.3 is 0 Å². The quantitative estimate of drug-likeness (QED) is 0.427. The summed E-state index contributed by atoms with van der Waals surface area (Å²) in [5.41, 5.74) is 2.60. The average Bonchev–Trinajstić information content (AvgIpc) is 2.41. The number of nitrogens with one attached hydrogen (secondary N) is 1. The van der Waals surface area contributed by atoms with E-state index in [1.54, 1.807) is 0 Å². The predicted octanol–water partition coefficient (Wildman–Crippen LogP) is 4.31. The van der Waals surface area contributed by atoms with Crippen molar-refractivity contribution in [3.05, 3.63) is 0 Å². The third kappa shape index (κ3) is 5.82. The summed E-state index contributed by atoms with van der Waals surface area (Å²) in [5.74, 6) is 5.39. The molecule has 0 aromatic carbocycles. The fourth-order valence-corrected chi connectivity index (χ4v) is 3.42. The molecule has 1 aliphatic carbocycles. The molecule has 0 heterocycles. The average molecular weight is 282 g/mol. The van der Waals surface area contributed by atoms with Crippen molar-refractivity contribution in [2.24, 2.45) is 16.7 Å². The van der Waals surface area contributed by atoms with Crippen LogP contribution in [-0.4, -0.2) is 5.91 Å². The number of hydrogen-bond acceptors (Lipinski definition) is 2. The molecule has 1 amide bonds. The van der Waals surface area contributed by atoms with Gasteiger partial charge in [0, 0.05) is 5.41 Å². The Balaban J connectivity index is 2.58. The van der Waals surface area contributed by atoms with Crippen LogP contribution in [0, 0.1) is 10.8 Å². The van der Waals surface area contributed by atoms with Crippen molar-refractivity contribution in [2.45, 2.75) is 91.4 Å². The van der Waals surface area contributed by atoms with Gasteiger partial charge >= 0.3 is 0 Å². The highest BCUT2D eigenvalue weighted by molar-refractivity contribution is 5.81. The van der Waals surface area contributed by atoms with E-state index in [1.165, 1.54) is 44.9 Å². The summed E-state index contributed by atoms with van der Waals surface area (Å²) >= 11 is 0. The largest absolute Gasteiger partial charge is 0.294 e. The standard InChI is InChI=1S/C17H34N2O/c1-16(2)11-7-4-5-9-13-17(3,15(20)19-18)14-10-6-8-12-16/h4-14,18H2,1-3H3,(H,19,20). The van der Waals surface area contributed by atoms with Crippen LogP contribution in [0.15, 0.2) is 0 Å². The molecule has 3 N–H and O–H groups in total. The number of carbonyl (C=O) groups excluding carboxylic acids is 1. The molecule has 0 aliphatic heterocycles. The number of rotatable bonds is 1. The van der Waals surface area contributed by atoms with Crippen LogP contribution in [0.4, 0.5) is 0 Å². The molecular weight excluding hydrogens is 248 g/mol. The normalized spacial score (nSPS) is 29.6. The molecule has 1 fully saturated rings. The maximum Gasteiger partial charge on any atom is 0.239 e. The minimum absolute atomic E-state index is 0.0210. The maximum absolute atomic E-state index is 12.0. The highest BCUT2D eigenvalue weighted by Crippen LogP contribution is 2.35. The van der Waals surface area contributed by atoms with Crippen molar-refractivity contribution in [1.82, 2.24) is 5.43 Å². The first kappa shape index (κ1) is 17.5. The zero-order valence-electron chi connectivity index (χ0n) is 13.8. The topological polar surface area (TPSA) is 55.1 Å². The second-order valence-electron chi connectivity index (χ2n) is 7.67. The van der Waals surface area contributed by atoms with Gasteiger partial charge in [-0.05, 0) is 31.1 Å². The minimum Gasteiger partial charge on any atom is -0.294 e. The Kier molecular flexibility index (Phi) is 7.01. The molecular formula is C17H34N2O. The Morgan fingerprint density at radius 1 is 0.800 bits per heavy atom. The second-order valence-corrected chi connectivity index (χ2v) is 7.67. The van der Waals surface area contributed by atoms with Gasteiger partial charge in [0.2, 0.25) is 5.91 Å². The van der Waals surface area contributed by atoms with Gasteiger partial charge in [0.05, 0.1) is 0 Å². The number of carbonyl (C=O) groups is 1. The first-order chi connectivity index (χ1) is 9.40. The molecule has 1 rings (SSSR count). The van der Waals surface area contributed by atoms with Crippen LogP contribution >= 0.6 is 0 Å². The molecule has 1 atom stereocenters. The molecule has 118 valence electrons. The summed E-state index contributed by atoms with van der Waals surface area (Å²) in [6, 6.07) is 0. The Morgan fingerprint density at radius 3 is 1.65 bits per heavy atom. The van der Waals surface area contributed by atoms with Crippen LogP contribution < -0.4 is 11.3 Å². The van der Waals surface area contributed by atoms with Crippen LogP contribution in [0.3, 0.4) is 0 Å². The van der Waals surface area contributed by atoms with Crippen molar-refractivity contribution in [2.75, 3.05) is 0 Å². The predicted molar refractivity (Wildman–Crippen MR) is 85.0 cm³/mol. The molecule has 1 unspecified atom stereocenters. The molecule has 0 bridgehead atoms. The van der Waals surface area contributed by atoms with Gasteiger partial charge in [-0.2, -0.15) is 0 Å². The molecule has 0 saturated heterocycles. The van der Waals surface area contributed by atoms with Crippen molar-refractivity contribution < 1.29 is 4.79 Å². The van der Waals surface area contributed by atoms with E-state index in [0.717, 1.165) is 25.7 Å². The van der Waals surface area contributed by atoms with Gasteiger partial charge in [-0.15, -0.1) is 0 Å². The highest BCUT2D eigenvalue weighted by atomic mass is 16.2. The lowest BCUT2D eigenvalue weighted by Crippen LogP contribution is -2.42. The van der Waals surface area contributed by atoms with Gasteiger partial charge in [-0.3, -0.25) is 10.2 Å². The third-order valence-electron chi connectivity index (χ3n) is 5.09. The fraction of sp³-hybridized carbons (Fsp3) is 0.941.